The van der Waals surface area contributed by atoms with Crippen molar-refractivity contribution in [3.63, 3.8) is 0 Å². The summed E-state index contributed by atoms with van der Waals surface area (Å²) in [5, 5.41) is 3.06. The highest BCUT2D eigenvalue weighted by molar-refractivity contribution is 5.31. The van der Waals surface area contributed by atoms with Gasteiger partial charge in [0.05, 0.1) is 29.8 Å². The third-order valence-electron chi connectivity index (χ3n) is 4.09. The van der Waals surface area contributed by atoms with Gasteiger partial charge in [0, 0.05) is 19.8 Å². The quantitative estimate of drug-likeness (QED) is 0.934. The molecule has 3 heterocycles. The van der Waals surface area contributed by atoms with Gasteiger partial charge < -0.3 is 5.32 Å². The van der Waals surface area contributed by atoms with Crippen molar-refractivity contribution < 1.29 is 0 Å². The molecule has 0 saturated carbocycles. The maximum absolute atomic E-state index is 4.65. The average molecular weight is 283 g/mol. The van der Waals surface area contributed by atoms with Gasteiger partial charge in [-0.05, 0) is 37.9 Å². The van der Waals surface area contributed by atoms with Crippen LogP contribution in [-0.4, -0.2) is 33.4 Å². The van der Waals surface area contributed by atoms with E-state index in [2.05, 4.69) is 38.2 Å². The maximum Gasteiger partial charge on any atom is 0.144 e. The first-order valence-electron chi connectivity index (χ1n) is 7.42. The minimum atomic E-state index is 0.340. The zero-order chi connectivity index (χ0) is 14.7. The van der Waals surface area contributed by atoms with Crippen molar-refractivity contribution in [3.8, 4) is 0 Å². The van der Waals surface area contributed by atoms with Crippen molar-refractivity contribution in [1.82, 2.24) is 19.9 Å². The lowest BCUT2D eigenvalue weighted by atomic mass is 10.1. The first-order valence-corrected chi connectivity index (χ1v) is 7.42. The lowest BCUT2D eigenvalue weighted by Crippen LogP contribution is -2.24. The summed E-state index contributed by atoms with van der Waals surface area (Å²) in [4.78, 5) is 15.9. The molecule has 0 radical (unpaired) electrons. The molecule has 1 aliphatic heterocycles. The van der Waals surface area contributed by atoms with Crippen molar-refractivity contribution in [1.29, 1.82) is 0 Å². The number of aryl methyl sites for hydroxylation is 1. The van der Waals surface area contributed by atoms with Gasteiger partial charge in [-0.1, -0.05) is 6.07 Å². The van der Waals surface area contributed by atoms with E-state index in [1.54, 1.807) is 6.20 Å². The van der Waals surface area contributed by atoms with Crippen LogP contribution in [0.2, 0.25) is 0 Å². The first-order chi connectivity index (χ1) is 10.3. The van der Waals surface area contributed by atoms with Crippen LogP contribution < -0.4 is 5.32 Å². The molecule has 2 aromatic rings. The summed E-state index contributed by atoms with van der Waals surface area (Å²) in [6, 6.07) is 4.45. The Balaban J connectivity index is 1.80. The molecule has 1 aliphatic rings. The molecule has 0 unspecified atom stereocenters. The normalized spacial score (nSPS) is 18.9. The van der Waals surface area contributed by atoms with Crippen LogP contribution in [0.15, 0.2) is 30.7 Å². The van der Waals surface area contributed by atoms with Gasteiger partial charge in [0.1, 0.15) is 5.82 Å². The molecule has 0 bridgehead atoms. The lowest BCUT2D eigenvalue weighted by molar-refractivity contribution is 0.240. The van der Waals surface area contributed by atoms with Crippen LogP contribution in [-0.2, 0) is 6.54 Å². The van der Waals surface area contributed by atoms with Crippen LogP contribution in [0.25, 0.3) is 0 Å². The van der Waals surface area contributed by atoms with Gasteiger partial charge in [-0.2, -0.15) is 0 Å². The van der Waals surface area contributed by atoms with Gasteiger partial charge in [0.2, 0.25) is 0 Å². The fraction of sp³-hybridized carbons (Fsp3) is 0.438. The summed E-state index contributed by atoms with van der Waals surface area (Å²) < 4.78 is 0. The summed E-state index contributed by atoms with van der Waals surface area (Å²) in [6.07, 6.45) is 7.84. The van der Waals surface area contributed by atoms with E-state index < -0.39 is 0 Å². The zero-order valence-electron chi connectivity index (χ0n) is 12.6. The topological polar surface area (TPSA) is 53.9 Å². The zero-order valence-corrected chi connectivity index (χ0v) is 12.6. The molecule has 3 rings (SSSR count). The number of nitrogens with zero attached hydrogens (tertiary/aromatic N) is 4. The average Bonchev–Trinajstić information content (AvgIpc) is 2.98. The SMILES string of the molecule is CNc1cncc([C@H]2CCCN2Cc2ncccc2C)n1. The summed E-state index contributed by atoms with van der Waals surface area (Å²) >= 11 is 0. The molecule has 0 spiro atoms. The molecule has 5 heteroatoms. The Morgan fingerprint density at radius 1 is 1.38 bits per heavy atom. The Morgan fingerprint density at radius 2 is 2.29 bits per heavy atom. The third-order valence-corrected chi connectivity index (χ3v) is 4.09. The Morgan fingerprint density at radius 3 is 3.10 bits per heavy atom. The molecule has 110 valence electrons. The number of likely N-dealkylation sites (tertiary alicyclic amines) is 1. The molecular formula is C16H21N5. The molecule has 21 heavy (non-hydrogen) atoms. The standard InChI is InChI=1S/C16H21N5/c1-12-5-3-7-19-14(12)11-21-8-4-6-15(21)13-9-18-10-16(17-2)20-13/h3,5,7,9-10,15H,4,6,8,11H2,1-2H3,(H,17,20)/t15-/m1/s1. The summed E-state index contributed by atoms with van der Waals surface area (Å²) in [6.45, 7) is 4.09. The van der Waals surface area contributed by atoms with Crippen molar-refractivity contribution in [2.45, 2.75) is 32.4 Å². The highest BCUT2D eigenvalue weighted by Gasteiger charge is 2.28. The monoisotopic (exact) mass is 283 g/mol. The second-order valence-electron chi connectivity index (χ2n) is 5.47. The van der Waals surface area contributed by atoms with Gasteiger partial charge in [0.15, 0.2) is 0 Å². The first kappa shape index (κ1) is 13.9. The van der Waals surface area contributed by atoms with Crippen LogP contribution in [0.3, 0.4) is 0 Å². The number of hydrogen-bond acceptors (Lipinski definition) is 5. The Bertz CT molecular complexity index is 613. The van der Waals surface area contributed by atoms with Gasteiger partial charge in [-0.3, -0.25) is 14.9 Å². The third kappa shape index (κ3) is 3.03. The van der Waals surface area contributed by atoms with E-state index in [4.69, 9.17) is 0 Å². The van der Waals surface area contributed by atoms with Crippen molar-refractivity contribution in [2.24, 2.45) is 0 Å². The minimum Gasteiger partial charge on any atom is -0.372 e. The van der Waals surface area contributed by atoms with Gasteiger partial charge in [-0.15, -0.1) is 0 Å². The minimum absolute atomic E-state index is 0.340. The second kappa shape index (κ2) is 6.18. The molecule has 2 aromatic heterocycles. The van der Waals surface area contributed by atoms with Gasteiger partial charge in [0.25, 0.3) is 0 Å². The highest BCUT2D eigenvalue weighted by atomic mass is 15.2. The highest BCUT2D eigenvalue weighted by Crippen LogP contribution is 2.32. The number of nitrogens with one attached hydrogen (secondary N) is 1. The van der Waals surface area contributed by atoms with E-state index in [-0.39, 0.29) is 0 Å². The summed E-state index contributed by atoms with van der Waals surface area (Å²) in [5.41, 5.74) is 3.45. The number of rotatable bonds is 4. The lowest BCUT2D eigenvalue weighted by Gasteiger charge is -2.24. The second-order valence-corrected chi connectivity index (χ2v) is 5.47. The molecule has 0 aliphatic carbocycles. The van der Waals surface area contributed by atoms with Crippen molar-refractivity contribution in [2.75, 3.05) is 18.9 Å². The van der Waals surface area contributed by atoms with E-state index in [0.29, 0.717) is 6.04 Å². The van der Waals surface area contributed by atoms with Crippen LogP contribution >= 0.6 is 0 Å². The van der Waals surface area contributed by atoms with Crippen LogP contribution in [0.4, 0.5) is 5.82 Å². The molecule has 1 atom stereocenters. The van der Waals surface area contributed by atoms with Crippen LogP contribution in [0.1, 0.15) is 35.8 Å². The predicted molar refractivity (Wildman–Crippen MR) is 82.9 cm³/mol. The molecular weight excluding hydrogens is 262 g/mol. The van der Waals surface area contributed by atoms with Crippen LogP contribution in [0, 0.1) is 6.92 Å². The summed E-state index contributed by atoms with van der Waals surface area (Å²) in [7, 11) is 1.87. The summed E-state index contributed by atoms with van der Waals surface area (Å²) in [5.74, 6) is 0.827. The molecule has 1 saturated heterocycles. The Labute approximate surface area is 125 Å². The molecule has 0 amide bonds. The molecule has 0 aromatic carbocycles. The number of pyridine rings is 1. The predicted octanol–water partition coefficient (Wildman–Crippen LogP) is 2.56. The van der Waals surface area contributed by atoms with E-state index in [1.165, 1.54) is 12.0 Å². The van der Waals surface area contributed by atoms with Crippen LogP contribution in [0.5, 0.6) is 0 Å². The fourth-order valence-corrected chi connectivity index (χ4v) is 2.89. The number of aromatic nitrogens is 3. The van der Waals surface area contributed by atoms with E-state index >= 15 is 0 Å². The molecule has 1 N–H and O–H groups in total. The largest absolute Gasteiger partial charge is 0.372 e. The van der Waals surface area contributed by atoms with E-state index in [1.807, 2.05) is 25.5 Å². The van der Waals surface area contributed by atoms with E-state index in [0.717, 1.165) is 36.7 Å². The Hall–Kier alpha value is -2.01. The van der Waals surface area contributed by atoms with Gasteiger partial charge >= 0.3 is 0 Å². The Kier molecular flexibility index (Phi) is 4.10. The molecule has 1 fully saturated rings. The van der Waals surface area contributed by atoms with Crippen molar-refractivity contribution >= 4 is 5.82 Å². The molecule has 5 nitrogen and oxygen atoms in total. The maximum atomic E-state index is 4.65. The fourth-order valence-electron chi connectivity index (χ4n) is 2.89. The van der Waals surface area contributed by atoms with Crippen molar-refractivity contribution in [3.05, 3.63) is 47.7 Å². The number of anilines is 1. The smallest absolute Gasteiger partial charge is 0.144 e. The number of hydrogen-bond donors (Lipinski definition) is 1. The van der Waals surface area contributed by atoms with Gasteiger partial charge in [-0.25, -0.2) is 4.98 Å². The van der Waals surface area contributed by atoms with E-state index in [9.17, 15) is 0 Å².